The molecule has 0 aromatic heterocycles. The van der Waals surface area contributed by atoms with Crippen molar-refractivity contribution >= 4 is 33.9 Å². The van der Waals surface area contributed by atoms with Gasteiger partial charge in [-0.25, -0.2) is 9.59 Å². The van der Waals surface area contributed by atoms with Crippen molar-refractivity contribution < 1.29 is 28.5 Å². The molecule has 4 aromatic rings. The van der Waals surface area contributed by atoms with Crippen molar-refractivity contribution in [3.8, 4) is 23.0 Å². The number of hydrogen-bond donors (Lipinski definition) is 0. The number of hydrogen-bond acceptors (Lipinski definition) is 6. The van der Waals surface area contributed by atoms with Crippen molar-refractivity contribution in [2.75, 3.05) is 13.2 Å². The Hall–Kier alpha value is -4.84. The fourth-order valence-electron chi connectivity index (χ4n) is 4.06. The molecule has 0 aliphatic carbocycles. The highest BCUT2D eigenvalue weighted by atomic mass is 16.5. The minimum Gasteiger partial charge on any atom is -0.463 e. The molecule has 0 N–H and O–H groups in total. The fourth-order valence-corrected chi connectivity index (χ4v) is 4.06. The molecule has 0 atom stereocenters. The molecule has 0 saturated heterocycles. The van der Waals surface area contributed by atoms with Crippen LogP contribution >= 0.6 is 0 Å². The van der Waals surface area contributed by atoms with Gasteiger partial charge >= 0.3 is 11.9 Å². The molecule has 0 spiro atoms. The molecule has 0 fully saturated rings. The van der Waals surface area contributed by atoms with Crippen molar-refractivity contribution in [1.82, 2.24) is 0 Å². The second-order valence-corrected chi connectivity index (χ2v) is 9.08. The standard InChI is InChI=1S/C34H32O6/c1-5-37-33(35)19-23(3)25-7-13-29(14-8-25)39-31-17-11-27-12-18-32(22-28(27)21-31)40-30-15-9-26(10-16-30)24(4)20-34(36)38-6-2/h7-22H,5-6H2,1-4H3/b23-19-,24-20+. The highest BCUT2D eigenvalue weighted by Crippen LogP contribution is 2.31. The summed E-state index contributed by atoms with van der Waals surface area (Å²) < 4.78 is 22.1. The number of carbonyl (C=O) groups is 2. The molecule has 0 aliphatic rings. The maximum absolute atomic E-state index is 11.7. The summed E-state index contributed by atoms with van der Waals surface area (Å²) in [6.07, 6.45) is 2.97. The largest absolute Gasteiger partial charge is 0.463 e. The quantitative estimate of drug-likeness (QED) is 0.150. The van der Waals surface area contributed by atoms with E-state index in [-0.39, 0.29) is 11.9 Å². The van der Waals surface area contributed by atoms with E-state index in [0.717, 1.165) is 33.0 Å². The number of fused-ring (bicyclic) bond motifs is 1. The lowest BCUT2D eigenvalue weighted by Gasteiger charge is -2.10. The maximum Gasteiger partial charge on any atom is 0.331 e. The first kappa shape index (κ1) is 28.2. The lowest BCUT2D eigenvalue weighted by Crippen LogP contribution is -2.00. The smallest absolute Gasteiger partial charge is 0.331 e. The molecule has 0 radical (unpaired) electrons. The van der Waals surface area contributed by atoms with Crippen LogP contribution in [0, 0.1) is 0 Å². The van der Waals surface area contributed by atoms with E-state index < -0.39 is 0 Å². The number of rotatable bonds is 10. The normalized spacial score (nSPS) is 11.7. The van der Waals surface area contributed by atoms with Crippen LogP contribution in [0.3, 0.4) is 0 Å². The van der Waals surface area contributed by atoms with Crippen LogP contribution in [-0.2, 0) is 19.1 Å². The predicted octanol–water partition coefficient (Wildman–Crippen LogP) is 8.36. The van der Waals surface area contributed by atoms with Gasteiger partial charge in [0.25, 0.3) is 0 Å². The van der Waals surface area contributed by atoms with E-state index in [2.05, 4.69) is 0 Å². The summed E-state index contributed by atoms with van der Waals surface area (Å²) in [5, 5.41) is 2.04. The zero-order chi connectivity index (χ0) is 28.5. The summed E-state index contributed by atoms with van der Waals surface area (Å²) in [4.78, 5) is 23.4. The van der Waals surface area contributed by atoms with Gasteiger partial charge in [0.1, 0.15) is 23.0 Å². The Bertz CT molecular complexity index is 1430. The van der Waals surface area contributed by atoms with Gasteiger partial charge in [0.05, 0.1) is 13.2 Å². The lowest BCUT2D eigenvalue weighted by molar-refractivity contribution is -0.138. The Labute approximate surface area is 234 Å². The summed E-state index contributed by atoms with van der Waals surface area (Å²) in [6.45, 7) is 7.99. The molecule has 4 aromatic carbocycles. The maximum atomic E-state index is 11.7. The summed E-state index contributed by atoms with van der Waals surface area (Å²) in [5.74, 6) is 2.07. The van der Waals surface area contributed by atoms with Gasteiger partial charge < -0.3 is 18.9 Å². The van der Waals surface area contributed by atoms with Gasteiger partial charge in [-0.05, 0) is 109 Å². The minimum atomic E-state index is -0.352. The van der Waals surface area contributed by atoms with Gasteiger partial charge in [0.2, 0.25) is 0 Å². The third kappa shape index (κ3) is 7.60. The molecule has 0 saturated carbocycles. The average Bonchev–Trinajstić information content (AvgIpc) is 2.94. The molecule has 204 valence electrons. The number of carbonyl (C=O) groups excluding carboxylic acids is 2. The van der Waals surface area contributed by atoms with Crippen molar-refractivity contribution in [3.05, 3.63) is 108 Å². The molecule has 0 heterocycles. The molecular weight excluding hydrogens is 504 g/mol. The van der Waals surface area contributed by atoms with Crippen LogP contribution < -0.4 is 9.47 Å². The van der Waals surface area contributed by atoms with E-state index in [1.807, 2.05) is 98.8 Å². The molecule has 40 heavy (non-hydrogen) atoms. The van der Waals surface area contributed by atoms with Gasteiger partial charge in [0, 0.05) is 12.2 Å². The minimum absolute atomic E-state index is 0.346. The first-order valence-corrected chi connectivity index (χ1v) is 13.1. The highest BCUT2D eigenvalue weighted by Gasteiger charge is 2.06. The molecule has 0 bridgehead atoms. The van der Waals surface area contributed by atoms with Crippen LogP contribution in [0.15, 0.2) is 97.1 Å². The van der Waals surface area contributed by atoms with Crippen molar-refractivity contribution in [3.63, 3.8) is 0 Å². The van der Waals surface area contributed by atoms with E-state index in [4.69, 9.17) is 18.9 Å². The second kappa shape index (κ2) is 13.3. The second-order valence-electron chi connectivity index (χ2n) is 9.08. The third-order valence-corrected chi connectivity index (χ3v) is 6.12. The van der Waals surface area contributed by atoms with E-state index >= 15 is 0 Å². The van der Waals surface area contributed by atoms with Gasteiger partial charge in [-0.1, -0.05) is 36.4 Å². The van der Waals surface area contributed by atoms with Gasteiger partial charge in [0.15, 0.2) is 0 Å². The van der Waals surface area contributed by atoms with E-state index in [1.54, 1.807) is 13.8 Å². The number of allylic oxidation sites excluding steroid dienone is 2. The summed E-state index contributed by atoms with van der Waals surface area (Å²) in [6, 6.07) is 26.9. The predicted molar refractivity (Wildman–Crippen MR) is 158 cm³/mol. The monoisotopic (exact) mass is 536 g/mol. The van der Waals surface area contributed by atoms with E-state index in [9.17, 15) is 9.59 Å². The van der Waals surface area contributed by atoms with Crippen molar-refractivity contribution in [2.24, 2.45) is 0 Å². The highest BCUT2D eigenvalue weighted by molar-refractivity contribution is 5.91. The lowest BCUT2D eigenvalue weighted by atomic mass is 10.1. The Morgan fingerprint density at radius 3 is 1.30 bits per heavy atom. The molecule has 0 unspecified atom stereocenters. The average molecular weight is 537 g/mol. The summed E-state index contributed by atoms with van der Waals surface area (Å²) in [7, 11) is 0. The molecule has 4 rings (SSSR count). The first-order chi connectivity index (χ1) is 19.3. The Kier molecular flexibility index (Phi) is 9.36. The molecular formula is C34H32O6. The molecule has 0 amide bonds. The summed E-state index contributed by atoms with van der Waals surface area (Å²) >= 11 is 0. The first-order valence-electron chi connectivity index (χ1n) is 13.1. The van der Waals surface area contributed by atoms with Crippen LogP contribution in [0.4, 0.5) is 0 Å². The number of ether oxygens (including phenoxy) is 4. The van der Waals surface area contributed by atoms with Crippen LogP contribution in [0.25, 0.3) is 21.9 Å². The molecule has 6 nitrogen and oxygen atoms in total. The number of benzene rings is 4. The zero-order valence-electron chi connectivity index (χ0n) is 23.1. The topological polar surface area (TPSA) is 71.1 Å². The number of esters is 2. The third-order valence-electron chi connectivity index (χ3n) is 6.12. The van der Waals surface area contributed by atoms with Crippen LogP contribution in [0.5, 0.6) is 23.0 Å². The van der Waals surface area contributed by atoms with Crippen LogP contribution in [-0.4, -0.2) is 25.2 Å². The Morgan fingerprint density at radius 1 is 0.550 bits per heavy atom. The van der Waals surface area contributed by atoms with Crippen LogP contribution in [0.1, 0.15) is 38.8 Å². The van der Waals surface area contributed by atoms with Crippen molar-refractivity contribution in [1.29, 1.82) is 0 Å². The SMILES string of the molecule is CCOC(=O)/C=C(/C)c1ccc(Oc2ccc3ccc(Oc4ccc(/C(C)=C/C(=O)OCC)cc4)cc3c2)cc1. The summed E-state index contributed by atoms with van der Waals surface area (Å²) in [5.41, 5.74) is 3.47. The Morgan fingerprint density at radius 2 is 0.925 bits per heavy atom. The molecule has 0 aliphatic heterocycles. The van der Waals surface area contributed by atoms with Gasteiger partial charge in [-0.2, -0.15) is 0 Å². The molecule has 6 heteroatoms. The fraction of sp³-hybridized carbons (Fsp3) is 0.176. The van der Waals surface area contributed by atoms with Crippen molar-refractivity contribution in [2.45, 2.75) is 27.7 Å². The van der Waals surface area contributed by atoms with E-state index in [0.29, 0.717) is 36.2 Å². The van der Waals surface area contributed by atoms with Gasteiger partial charge in [-0.3, -0.25) is 0 Å². The van der Waals surface area contributed by atoms with E-state index in [1.165, 1.54) is 12.2 Å². The van der Waals surface area contributed by atoms with Gasteiger partial charge in [-0.15, -0.1) is 0 Å². The Balaban J connectivity index is 1.44. The van der Waals surface area contributed by atoms with Crippen LogP contribution in [0.2, 0.25) is 0 Å². The zero-order valence-corrected chi connectivity index (χ0v) is 23.1.